The maximum Gasteiger partial charge on any atom is 0.235 e. The Morgan fingerprint density at radius 3 is 2.41 bits per heavy atom. The fourth-order valence-corrected chi connectivity index (χ4v) is 3.82. The molecule has 5 nitrogen and oxygen atoms in total. The maximum atomic E-state index is 11.8. The van der Waals surface area contributed by atoms with E-state index in [2.05, 4.69) is 10.6 Å². The van der Waals surface area contributed by atoms with Crippen molar-refractivity contribution in [3.63, 3.8) is 0 Å². The van der Waals surface area contributed by atoms with Gasteiger partial charge in [-0.15, -0.1) is 0 Å². The largest absolute Gasteiger partial charge is 0.352 e. The van der Waals surface area contributed by atoms with Gasteiger partial charge in [-0.3, -0.25) is 4.79 Å². The van der Waals surface area contributed by atoms with Gasteiger partial charge in [-0.1, -0.05) is 0 Å². The average Bonchev–Trinajstić information content (AvgIpc) is 3.01. The van der Waals surface area contributed by atoms with Crippen molar-refractivity contribution in [2.45, 2.75) is 31.7 Å². The molecule has 2 N–H and O–H groups in total. The predicted molar refractivity (Wildman–Crippen MR) is 65.4 cm³/mol. The number of piperidine rings is 1. The minimum atomic E-state index is -3.24. The zero-order chi connectivity index (χ0) is 12.3. The third kappa shape index (κ3) is 4.63. The fraction of sp³-hybridized carbons (Fsp3) is 0.909. The molecule has 0 atom stereocenters. The minimum Gasteiger partial charge on any atom is -0.352 e. The molecular weight excluding hydrogens is 240 g/mol. The Hall–Kier alpha value is -0.620. The van der Waals surface area contributed by atoms with E-state index >= 15 is 0 Å². The van der Waals surface area contributed by atoms with E-state index in [1.165, 1.54) is 0 Å². The third-order valence-electron chi connectivity index (χ3n) is 3.24. The van der Waals surface area contributed by atoms with Crippen molar-refractivity contribution in [1.29, 1.82) is 0 Å². The lowest BCUT2D eigenvalue weighted by Gasteiger charge is -2.22. The van der Waals surface area contributed by atoms with E-state index in [9.17, 15) is 13.2 Å². The highest BCUT2D eigenvalue weighted by Crippen LogP contribution is 2.19. The Kier molecular flexibility index (Phi) is 4.04. The van der Waals surface area contributed by atoms with Gasteiger partial charge >= 0.3 is 0 Å². The lowest BCUT2D eigenvalue weighted by atomic mass is 10.0. The number of nitrogens with one attached hydrogen (secondary N) is 2. The quantitative estimate of drug-likeness (QED) is 0.710. The molecule has 2 fully saturated rings. The zero-order valence-electron chi connectivity index (χ0n) is 9.94. The molecule has 2 rings (SSSR count). The first kappa shape index (κ1) is 12.8. The van der Waals surface area contributed by atoms with Crippen LogP contribution in [0.4, 0.5) is 0 Å². The van der Waals surface area contributed by atoms with Gasteiger partial charge in [-0.25, -0.2) is 8.42 Å². The first-order chi connectivity index (χ1) is 8.05. The Labute approximate surface area is 102 Å². The minimum absolute atomic E-state index is 0.159. The van der Waals surface area contributed by atoms with Crippen molar-refractivity contribution in [3.8, 4) is 0 Å². The first-order valence-corrected chi connectivity index (χ1v) is 8.08. The van der Waals surface area contributed by atoms with Gasteiger partial charge in [0.05, 0.1) is 5.75 Å². The summed E-state index contributed by atoms with van der Waals surface area (Å²) < 4.78 is 23.7. The van der Waals surface area contributed by atoms with Crippen molar-refractivity contribution < 1.29 is 13.2 Å². The highest BCUT2D eigenvalue weighted by molar-refractivity contribution is 7.92. The molecule has 1 amide bonds. The average molecular weight is 260 g/mol. The molecule has 17 heavy (non-hydrogen) atoms. The maximum absolute atomic E-state index is 11.8. The van der Waals surface area contributed by atoms with Crippen LogP contribution in [0.15, 0.2) is 0 Å². The molecule has 0 aromatic carbocycles. The molecule has 0 aromatic heterocycles. The molecule has 0 bridgehead atoms. The van der Waals surface area contributed by atoms with Crippen LogP contribution >= 0.6 is 0 Å². The van der Waals surface area contributed by atoms with E-state index in [1.807, 2.05) is 0 Å². The van der Waals surface area contributed by atoms with Crippen LogP contribution in [0.2, 0.25) is 0 Å². The van der Waals surface area contributed by atoms with Gasteiger partial charge in [-0.05, 0) is 44.7 Å². The predicted octanol–water partition coefficient (Wildman–Crippen LogP) is -0.321. The molecule has 0 aromatic rings. The molecule has 2 aliphatic rings. The van der Waals surface area contributed by atoms with E-state index in [0.717, 1.165) is 38.8 Å². The van der Waals surface area contributed by atoms with Crippen LogP contribution in [0.1, 0.15) is 25.7 Å². The summed E-state index contributed by atoms with van der Waals surface area (Å²) in [5.74, 6) is -0.295. The summed E-state index contributed by atoms with van der Waals surface area (Å²) in [4.78, 5) is 11.4. The third-order valence-corrected chi connectivity index (χ3v) is 4.92. The number of sulfone groups is 1. The molecule has 0 spiro atoms. The van der Waals surface area contributed by atoms with Crippen molar-refractivity contribution in [1.82, 2.24) is 10.6 Å². The van der Waals surface area contributed by atoms with Gasteiger partial charge in [0, 0.05) is 6.04 Å². The molecular formula is C11H20N2O3S. The SMILES string of the molecule is O=C(CS(=O)(=O)CC1CCNCC1)NC1CC1. The Morgan fingerprint density at radius 2 is 1.82 bits per heavy atom. The topological polar surface area (TPSA) is 75.3 Å². The van der Waals surface area contributed by atoms with E-state index in [4.69, 9.17) is 0 Å². The molecule has 0 radical (unpaired) electrons. The number of rotatable bonds is 5. The van der Waals surface area contributed by atoms with E-state index < -0.39 is 9.84 Å². The summed E-state index contributed by atoms with van der Waals surface area (Å²) in [5, 5.41) is 5.92. The molecule has 6 heteroatoms. The van der Waals surface area contributed by atoms with Gasteiger partial charge in [0.2, 0.25) is 5.91 Å². The van der Waals surface area contributed by atoms with Crippen LogP contribution in [-0.2, 0) is 14.6 Å². The van der Waals surface area contributed by atoms with Crippen molar-refractivity contribution in [2.75, 3.05) is 24.6 Å². The molecule has 1 aliphatic carbocycles. The van der Waals surface area contributed by atoms with Crippen LogP contribution in [0.3, 0.4) is 0 Å². The summed E-state index contributed by atoms with van der Waals surface area (Å²) in [6.07, 6.45) is 3.76. The van der Waals surface area contributed by atoms with Crippen molar-refractivity contribution >= 4 is 15.7 Å². The highest BCUT2D eigenvalue weighted by Gasteiger charge is 2.27. The summed E-state index contributed by atoms with van der Waals surface area (Å²) in [6, 6.07) is 0.233. The number of carbonyl (C=O) groups excluding carboxylic acids is 1. The first-order valence-electron chi connectivity index (χ1n) is 6.26. The molecule has 1 aliphatic heterocycles. The second kappa shape index (κ2) is 5.35. The van der Waals surface area contributed by atoms with Crippen LogP contribution < -0.4 is 10.6 Å². The number of carbonyl (C=O) groups is 1. The molecule has 1 heterocycles. The smallest absolute Gasteiger partial charge is 0.235 e. The van der Waals surface area contributed by atoms with E-state index in [-0.39, 0.29) is 29.4 Å². The Balaban J connectivity index is 1.78. The Morgan fingerprint density at radius 1 is 1.18 bits per heavy atom. The fourth-order valence-electron chi connectivity index (χ4n) is 2.16. The molecule has 1 saturated carbocycles. The van der Waals surface area contributed by atoms with Gasteiger partial charge < -0.3 is 10.6 Å². The second-order valence-corrected chi connectivity index (χ2v) is 7.20. The van der Waals surface area contributed by atoms with E-state index in [1.54, 1.807) is 0 Å². The summed E-state index contributed by atoms with van der Waals surface area (Å²) in [5.41, 5.74) is 0. The summed E-state index contributed by atoms with van der Waals surface area (Å²) in [6.45, 7) is 1.77. The van der Waals surface area contributed by atoms with Crippen molar-refractivity contribution in [3.05, 3.63) is 0 Å². The van der Waals surface area contributed by atoms with Crippen LogP contribution in [-0.4, -0.2) is 45.0 Å². The summed E-state index contributed by atoms with van der Waals surface area (Å²) >= 11 is 0. The molecule has 1 saturated heterocycles. The zero-order valence-corrected chi connectivity index (χ0v) is 10.8. The number of hydrogen-bond acceptors (Lipinski definition) is 4. The number of hydrogen-bond donors (Lipinski definition) is 2. The van der Waals surface area contributed by atoms with Crippen LogP contribution in [0.25, 0.3) is 0 Å². The molecule has 0 unspecified atom stereocenters. The van der Waals surface area contributed by atoms with Crippen LogP contribution in [0, 0.1) is 5.92 Å². The van der Waals surface area contributed by atoms with Crippen molar-refractivity contribution in [2.24, 2.45) is 5.92 Å². The monoisotopic (exact) mass is 260 g/mol. The van der Waals surface area contributed by atoms with Crippen LogP contribution in [0.5, 0.6) is 0 Å². The van der Waals surface area contributed by atoms with Gasteiger partial charge in [0.25, 0.3) is 0 Å². The number of amides is 1. The lowest BCUT2D eigenvalue weighted by molar-refractivity contribution is -0.118. The summed E-state index contributed by atoms with van der Waals surface area (Å²) in [7, 11) is -3.24. The highest BCUT2D eigenvalue weighted by atomic mass is 32.2. The standard InChI is InChI=1S/C11H20N2O3S/c14-11(13-10-1-2-10)8-17(15,16)7-9-3-5-12-6-4-9/h9-10,12H,1-8H2,(H,13,14). The van der Waals surface area contributed by atoms with Gasteiger partial charge in [0.1, 0.15) is 5.75 Å². The van der Waals surface area contributed by atoms with Gasteiger partial charge in [-0.2, -0.15) is 0 Å². The van der Waals surface area contributed by atoms with E-state index in [0.29, 0.717) is 0 Å². The molecule has 98 valence electrons. The lowest BCUT2D eigenvalue weighted by Crippen LogP contribution is -2.36. The van der Waals surface area contributed by atoms with Gasteiger partial charge in [0.15, 0.2) is 9.84 Å². The normalized spacial score (nSPS) is 22.4. The second-order valence-electron chi connectivity index (χ2n) is 5.09. The Bertz CT molecular complexity index is 370.